The van der Waals surface area contributed by atoms with Crippen LogP contribution in [0, 0.1) is 23.2 Å². The number of aromatic carboxylic acids is 1. The Bertz CT molecular complexity index is 753. The van der Waals surface area contributed by atoms with E-state index in [-0.39, 0.29) is 40.8 Å². The van der Waals surface area contributed by atoms with Crippen molar-refractivity contribution in [2.24, 2.45) is 23.2 Å². The second-order valence-electron chi connectivity index (χ2n) is 6.45. The number of nitrogens with zero attached hydrogens (tertiary/aromatic N) is 1. The fourth-order valence-corrected chi connectivity index (χ4v) is 4.38. The maximum absolute atomic E-state index is 13.0. The molecule has 2 amide bonds. The monoisotopic (exact) mass is 297 g/mol. The van der Waals surface area contributed by atoms with Gasteiger partial charge in [-0.25, -0.2) is 9.69 Å². The largest absolute Gasteiger partial charge is 0.478 e. The number of rotatable bonds is 2. The maximum Gasteiger partial charge on any atom is 0.337 e. The molecule has 4 rings (SSSR count). The normalized spacial score (nSPS) is 35.3. The fourth-order valence-electron chi connectivity index (χ4n) is 4.38. The highest BCUT2D eigenvalue weighted by Gasteiger charge is 2.67. The second-order valence-corrected chi connectivity index (χ2v) is 6.45. The lowest BCUT2D eigenvalue weighted by Gasteiger charge is -2.28. The smallest absolute Gasteiger partial charge is 0.337 e. The minimum atomic E-state index is -1.14. The van der Waals surface area contributed by atoms with Crippen LogP contribution in [0.5, 0.6) is 0 Å². The van der Waals surface area contributed by atoms with Gasteiger partial charge in [0.15, 0.2) is 0 Å². The number of carboxylic acid groups (broad SMARTS) is 1. The summed E-state index contributed by atoms with van der Waals surface area (Å²) in [4.78, 5) is 38.3. The van der Waals surface area contributed by atoms with Gasteiger partial charge in [0.05, 0.1) is 22.6 Å². The van der Waals surface area contributed by atoms with Crippen molar-refractivity contribution in [3.63, 3.8) is 0 Å². The summed E-state index contributed by atoms with van der Waals surface area (Å²) in [5.41, 5.74) is -0.574. The van der Waals surface area contributed by atoms with Gasteiger partial charge in [0.25, 0.3) is 0 Å². The molecule has 112 valence electrons. The van der Waals surface area contributed by atoms with E-state index < -0.39 is 11.4 Å². The SMILES string of the molecule is C[C@]12C(=O)N(c3ccccc3C(=O)O)C(=O)[C@@H]1[C@@H]1C=C[C@H]2C1. The third-order valence-electron chi connectivity index (χ3n) is 5.49. The summed E-state index contributed by atoms with van der Waals surface area (Å²) in [6, 6.07) is 6.18. The number of para-hydroxylation sites is 1. The van der Waals surface area contributed by atoms with Gasteiger partial charge in [-0.3, -0.25) is 9.59 Å². The van der Waals surface area contributed by atoms with Crippen molar-refractivity contribution in [1.29, 1.82) is 0 Å². The molecule has 1 saturated heterocycles. The number of carbonyl (C=O) groups excluding carboxylic acids is 2. The van der Waals surface area contributed by atoms with Crippen LogP contribution in [0.2, 0.25) is 0 Å². The van der Waals surface area contributed by atoms with Crippen LogP contribution in [0.4, 0.5) is 5.69 Å². The average molecular weight is 297 g/mol. The van der Waals surface area contributed by atoms with Crippen LogP contribution >= 0.6 is 0 Å². The zero-order valence-corrected chi connectivity index (χ0v) is 12.0. The van der Waals surface area contributed by atoms with Crippen molar-refractivity contribution in [1.82, 2.24) is 0 Å². The Kier molecular flexibility index (Phi) is 2.45. The average Bonchev–Trinajstić information content (AvgIpc) is 3.12. The quantitative estimate of drug-likeness (QED) is 0.670. The minimum absolute atomic E-state index is 0.0203. The number of allylic oxidation sites excluding steroid dienone is 2. The molecule has 1 aromatic carbocycles. The van der Waals surface area contributed by atoms with Gasteiger partial charge >= 0.3 is 5.97 Å². The van der Waals surface area contributed by atoms with Gasteiger partial charge in [0.1, 0.15) is 0 Å². The first-order valence-corrected chi connectivity index (χ1v) is 7.35. The number of anilines is 1. The van der Waals surface area contributed by atoms with Crippen LogP contribution in [0.25, 0.3) is 0 Å². The molecule has 1 N–H and O–H groups in total. The molecular formula is C17H15NO4. The number of fused-ring (bicyclic) bond motifs is 5. The van der Waals surface area contributed by atoms with E-state index in [9.17, 15) is 19.5 Å². The molecule has 22 heavy (non-hydrogen) atoms. The van der Waals surface area contributed by atoms with E-state index in [1.54, 1.807) is 12.1 Å². The van der Waals surface area contributed by atoms with Gasteiger partial charge in [-0.05, 0) is 37.3 Å². The van der Waals surface area contributed by atoms with Crippen LogP contribution in [0.3, 0.4) is 0 Å². The van der Waals surface area contributed by atoms with E-state index in [1.807, 2.05) is 19.1 Å². The summed E-state index contributed by atoms with van der Waals surface area (Å²) >= 11 is 0. The van der Waals surface area contributed by atoms with Gasteiger partial charge in [-0.15, -0.1) is 0 Å². The van der Waals surface area contributed by atoms with Crippen molar-refractivity contribution in [3.8, 4) is 0 Å². The van der Waals surface area contributed by atoms with Crippen molar-refractivity contribution in [2.75, 3.05) is 4.90 Å². The number of imide groups is 1. The zero-order valence-electron chi connectivity index (χ0n) is 12.0. The molecule has 0 unspecified atom stereocenters. The van der Waals surface area contributed by atoms with E-state index in [0.717, 1.165) is 11.3 Å². The predicted molar refractivity (Wildman–Crippen MR) is 78.2 cm³/mol. The topological polar surface area (TPSA) is 74.7 Å². The summed E-state index contributed by atoms with van der Waals surface area (Å²) in [5.74, 6) is -1.88. The van der Waals surface area contributed by atoms with Crippen molar-refractivity contribution >= 4 is 23.5 Å². The third kappa shape index (κ3) is 1.36. The van der Waals surface area contributed by atoms with E-state index in [0.29, 0.717) is 0 Å². The number of carbonyl (C=O) groups is 3. The Hall–Kier alpha value is -2.43. The zero-order chi connectivity index (χ0) is 15.6. The highest BCUT2D eigenvalue weighted by atomic mass is 16.4. The lowest BCUT2D eigenvalue weighted by Crippen LogP contribution is -2.38. The van der Waals surface area contributed by atoms with Crippen molar-refractivity contribution < 1.29 is 19.5 Å². The van der Waals surface area contributed by atoms with E-state index in [2.05, 4.69) is 0 Å². The lowest BCUT2D eigenvalue weighted by molar-refractivity contribution is -0.127. The Morgan fingerprint density at radius 1 is 1.27 bits per heavy atom. The van der Waals surface area contributed by atoms with E-state index in [4.69, 9.17) is 0 Å². The summed E-state index contributed by atoms with van der Waals surface area (Å²) < 4.78 is 0. The summed E-state index contributed by atoms with van der Waals surface area (Å²) in [6.45, 7) is 1.84. The highest BCUT2D eigenvalue weighted by Crippen LogP contribution is 2.61. The third-order valence-corrected chi connectivity index (χ3v) is 5.49. The molecule has 1 saturated carbocycles. The number of hydrogen-bond acceptors (Lipinski definition) is 3. The predicted octanol–water partition coefficient (Wildman–Crippen LogP) is 2.09. The standard InChI is InChI=1S/C17H15NO4/c1-17-10-7-6-9(8-10)13(17)14(19)18(16(17)22)12-5-3-2-4-11(12)15(20)21/h2-7,9-10,13H,8H2,1H3,(H,20,21)/t9-,10+,13+,17-/m1/s1. The minimum Gasteiger partial charge on any atom is -0.478 e. The Morgan fingerprint density at radius 3 is 2.68 bits per heavy atom. The van der Waals surface area contributed by atoms with E-state index in [1.165, 1.54) is 12.1 Å². The van der Waals surface area contributed by atoms with Crippen molar-refractivity contribution in [3.05, 3.63) is 42.0 Å². The number of hydrogen-bond donors (Lipinski definition) is 1. The first-order valence-electron chi connectivity index (χ1n) is 7.35. The molecule has 0 spiro atoms. The van der Waals surface area contributed by atoms with Crippen LogP contribution in [0.1, 0.15) is 23.7 Å². The molecule has 1 heterocycles. The molecule has 5 nitrogen and oxygen atoms in total. The molecular weight excluding hydrogens is 282 g/mol. The molecule has 0 aromatic heterocycles. The number of amides is 2. The molecule has 4 atom stereocenters. The van der Waals surface area contributed by atoms with Gasteiger partial charge in [0.2, 0.25) is 11.8 Å². The van der Waals surface area contributed by atoms with Crippen LogP contribution in [0.15, 0.2) is 36.4 Å². The van der Waals surface area contributed by atoms with Gasteiger partial charge in [0, 0.05) is 0 Å². The summed E-state index contributed by atoms with van der Waals surface area (Å²) in [6.07, 6.45) is 4.89. The van der Waals surface area contributed by atoms with Crippen LogP contribution < -0.4 is 4.90 Å². The summed E-state index contributed by atoms with van der Waals surface area (Å²) in [5, 5.41) is 9.32. The number of carboxylic acids is 1. The van der Waals surface area contributed by atoms with Crippen LogP contribution in [-0.4, -0.2) is 22.9 Å². The molecule has 5 heteroatoms. The maximum atomic E-state index is 13.0. The van der Waals surface area contributed by atoms with E-state index >= 15 is 0 Å². The number of benzene rings is 1. The van der Waals surface area contributed by atoms with Crippen LogP contribution in [-0.2, 0) is 9.59 Å². The molecule has 2 fully saturated rings. The summed E-state index contributed by atoms with van der Waals surface area (Å²) in [7, 11) is 0. The highest BCUT2D eigenvalue weighted by molar-refractivity contribution is 6.25. The van der Waals surface area contributed by atoms with Gasteiger partial charge in [-0.1, -0.05) is 24.3 Å². The van der Waals surface area contributed by atoms with Gasteiger partial charge in [-0.2, -0.15) is 0 Å². The Morgan fingerprint density at radius 2 is 2.00 bits per heavy atom. The lowest BCUT2D eigenvalue weighted by atomic mass is 9.71. The fraction of sp³-hybridized carbons (Fsp3) is 0.353. The van der Waals surface area contributed by atoms with Gasteiger partial charge < -0.3 is 5.11 Å². The Labute approximate surface area is 127 Å². The molecule has 0 radical (unpaired) electrons. The molecule has 3 aliphatic rings. The molecule has 1 aliphatic heterocycles. The molecule has 1 aromatic rings. The van der Waals surface area contributed by atoms with Crippen molar-refractivity contribution in [2.45, 2.75) is 13.3 Å². The first kappa shape index (κ1) is 13.2. The molecule has 2 bridgehead atoms. The second kappa shape index (κ2) is 4.06. The molecule has 2 aliphatic carbocycles. The first-order chi connectivity index (χ1) is 10.5. The Balaban J connectivity index is 1.85.